The van der Waals surface area contributed by atoms with Crippen molar-refractivity contribution in [2.24, 2.45) is 0 Å². The van der Waals surface area contributed by atoms with Gasteiger partial charge in [-0.3, -0.25) is 0 Å². The maximum absolute atomic E-state index is 9.43. The Hall–Kier alpha value is -0.570. The summed E-state index contributed by atoms with van der Waals surface area (Å²) >= 11 is 3.31. The summed E-state index contributed by atoms with van der Waals surface area (Å²) in [5.74, 6) is 0.297. The summed E-state index contributed by atoms with van der Waals surface area (Å²) in [5.41, 5.74) is 2.55. The Balaban J connectivity index is 3.46. The first-order chi connectivity index (χ1) is 5.04. The van der Waals surface area contributed by atoms with Gasteiger partial charge in [0, 0.05) is 0 Å². The molecule has 0 unspecified atom stereocenters. The number of rotatable bonds is 0. The molecule has 0 radical (unpaired) electrons. The molecule has 1 aromatic rings. The Labute approximate surface area is 74.4 Å². The van der Waals surface area contributed by atoms with E-state index in [1.54, 1.807) is 6.92 Å². The number of aromatic nitrogens is 1. The van der Waals surface area contributed by atoms with Crippen LogP contribution in [0.4, 0.5) is 0 Å². The van der Waals surface area contributed by atoms with Crippen molar-refractivity contribution in [3.05, 3.63) is 21.4 Å². The highest BCUT2D eigenvalue weighted by molar-refractivity contribution is 9.10. The summed E-state index contributed by atoms with van der Waals surface area (Å²) in [4.78, 5) is 4.10. The molecule has 1 rings (SSSR count). The molecule has 0 aromatic carbocycles. The van der Waals surface area contributed by atoms with E-state index in [4.69, 9.17) is 0 Å². The van der Waals surface area contributed by atoms with E-state index in [2.05, 4.69) is 20.9 Å². The van der Waals surface area contributed by atoms with Gasteiger partial charge in [-0.15, -0.1) is 0 Å². The van der Waals surface area contributed by atoms with Crippen LogP contribution in [-0.4, -0.2) is 10.1 Å². The van der Waals surface area contributed by atoms with Crippen LogP contribution in [0.15, 0.2) is 4.60 Å². The van der Waals surface area contributed by atoms with Gasteiger partial charge in [0.25, 0.3) is 0 Å². The molecule has 1 N–H and O–H groups in total. The second kappa shape index (κ2) is 2.81. The van der Waals surface area contributed by atoms with Crippen LogP contribution in [0, 0.1) is 20.8 Å². The molecular formula is C8H10BrNO. The monoisotopic (exact) mass is 215 g/mol. The highest BCUT2D eigenvalue weighted by Crippen LogP contribution is 2.27. The van der Waals surface area contributed by atoms with Crippen molar-refractivity contribution in [2.75, 3.05) is 0 Å². The van der Waals surface area contributed by atoms with Crippen LogP contribution in [0.5, 0.6) is 5.75 Å². The Morgan fingerprint density at radius 3 is 2.27 bits per heavy atom. The van der Waals surface area contributed by atoms with Gasteiger partial charge in [-0.05, 0) is 47.8 Å². The Morgan fingerprint density at radius 2 is 1.73 bits per heavy atom. The van der Waals surface area contributed by atoms with Gasteiger partial charge in [0.2, 0.25) is 0 Å². The Bertz CT molecular complexity index is 270. The lowest BCUT2D eigenvalue weighted by Gasteiger charge is -2.06. The van der Waals surface area contributed by atoms with Gasteiger partial charge in [0.1, 0.15) is 10.4 Å². The van der Waals surface area contributed by atoms with Crippen LogP contribution in [0.25, 0.3) is 0 Å². The topological polar surface area (TPSA) is 33.1 Å². The molecule has 60 valence electrons. The predicted octanol–water partition coefficient (Wildman–Crippen LogP) is 2.47. The third-order valence-corrected chi connectivity index (χ3v) is 2.61. The first-order valence-electron chi connectivity index (χ1n) is 3.36. The number of pyridine rings is 1. The van der Waals surface area contributed by atoms with E-state index in [9.17, 15) is 5.11 Å². The summed E-state index contributed by atoms with van der Waals surface area (Å²) in [5, 5.41) is 9.43. The van der Waals surface area contributed by atoms with Gasteiger partial charge in [0.15, 0.2) is 0 Å². The summed E-state index contributed by atoms with van der Waals surface area (Å²) in [6, 6.07) is 0. The molecule has 1 aromatic heterocycles. The van der Waals surface area contributed by atoms with E-state index >= 15 is 0 Å². The normalized spacial score (nSPS) is 10.2. The molecule has 0 aliphatic carbocycles. The molecule has 0 spiro atoms. The van der Waals surface area contributed by atoms with Crippen LogP contribution < -0.4 is 0 Å². The average Bonchev–Trinajstić information content (AvgIpc) is 1.97. The molecule has 3 heteroatoms. The minimum Gasteiger partial charge on any atom is -0.506 e. The van der Waals surface area contributed by atoms with Gasteiger partial charge in [0.05, 0.1) is 5.69 Å². The number of hydrogen-bond donors (Lipinski definition) is 1. The van der Waals surface area contributed by atoms with Crippen molar-refractivity contribution in [2.45, 2.75) is 20.8 Å². The van der Waals surface area contributed by atoms with Gasteiger partial charge in [-0.2, -0.15) is 0 Å². The van der Waals surface area contributed by atoms with Crippen LogP contribution in [0.1, 0.15) is 16.8 Å². The molecule has 0 atom stereocenters. The number of nitrogens with zero attached hydrogens (tertiary/aromatic N) is 1. The van der Waals surface area contributed by atoms with Gasteiger partial charge < -0.3 is 5.11 Å². The molecule has 0 aliphatic heterocycles. The smallest absolute Gasteiger partial charge is 0.140 e. The molecule has 0 bridgehead atoms. The number of aryl methyl sites for hydroxylation is 1. The molecule has 0 amide bonds. The molecule has 0 saturated carbocycles. The minimum absolute atomic E-state index is 0.297. The largest absolute Gasteiger partial charge is 0.506 e. The number of hydrogen-bond acceptors (Lipinski definition) is 2. The minimum atomic E-state index is 0.297. The first-order valence-corrected chi connectivity index (χ1v) is 4.15. The molecule has 1 heterocycles. The predicted molar refractivity (Wildman–Crippen MR) is 47.8 cm³/mol. The lowest BCUT2D eigenvalue weighted by Crippen LogP contribution is -1.91. The molecular weight excluding hydrogens is 206 g/mol. The van der Waals surface area contributed by atoms with Gasteiger partial charge >= 0.3 is 0 Å². The van der Waals surface area contributed by atoms with Crippen molar-refractivity contribution in [3.63, 3.8) is 0 Å². The molecule has 0 saturated heterocycles. The van der Waals surface area contributed by atoms with Crippen molar-refractivity contribution in [3.8, 4) is 5.75 Å². The molecule has 0 aliphatic rings. The summed E-state index contributed by atoms with van der Waals surface area (Å²) in [6.07, 6.45) is 0. The van der Waals surface area contributed by atoms with E-state index in [-0.39, 0.29) is 0 Å². The first kappa shape index (κ1) is 8.53. The average molecular weight is 216 g/mol. The highest BCUT2D eigenvalue weighted by atomic mass is 79.9. The van der Waals surface area contributed by atoms with Crippen molar-refractivity contribution < 1.29 is 5.11 Å². The zero-order valence-electron chi connectivity index (χ0n) is 6.77. The Kier molecular flexibility index (Phi) is 2.18. The third kappa shape index (κ3) is 1.38. The second-order valence-corrected chi connectivity index (χ2v) is 3.34. The second-order valence-electron chi connectivity index (χ2n) is 2.59. The fourth-order valence-corrected chi connectivity index (χ4v) is 1.45. The molecule has 2 nitrogen and oxygen atoms in total. The summed E-state index contributed by atoms with van der Waals surface area (Å²) in [6.45, 7) is 5.59. The van der Waals surface area contributed by atoms with E-state index in [1.807, 2.05) is 13.8 Å². The summed E-state index contributed by atoms with van der Waals surface area (Å²) in [7, 11) is 0. The van der Waals surface area contributed by atoms with E-state index in [1.165, 1.54) is 0 Å². The SMILES string of the molecule is Cc1nc(Br)c(C)c(C)c1O. The fourth-order valence-electron chi connectivity index (χ4n) is 0.888. The Morgan fingerprint density at radius 1 is 1.18 bits per heavy atom. The summed E-state index contributed by atoms with van der Waals surface area (Å²) < 4.78 is 0.810. The number of halogens is 1. The van der Waals surface area contributed by atoms with Gasteiger partial charge in [-0.1, -0.05) is 0 Å². The zero-order chi connectivity index (χ0) is 8.59. The van der Waals surface area contributed by atoms with E-state index < -0.39 is 0 Å². The van der Waals surface area contributed by atoms with Gasteiger partial charge in [-0.25, -0.2) is 4.98 Å². The van der Waals surface area contributed by atoms with Crippen molar-refractivity contribution in [1.29, 1.82) is 0 Å². The van der Waals surface area contributed by atoms with Crippen LogP contribution in [0.2, 0.25) is 0 Å². The maximum atomic E-state index is 9.43. The van der Waals surface area contributed by atoms with E-state index in [0.29, 0.717) is 11.4 Å². The maximum Gasteiger partial charge on any atom is 0.140 e. The van der Waals surface area contributed by atoms with Crippen LogP contribution >= 0.6 is 15.9 Å². The van der Waals surface area contributed by atoms with Crippen molar-refractivity contribution in [1.82, 2.24) is 4.98 Å². The standard InChI is InChI=1S/C8H10BrNO/c1-4-5(2)8(9)10-6(3)7(4)11/h11H,1-3H3. The lowest BCUT2D eigenvalue weighted by atomic mass is 10.1. The van der Waals surface area contributed by atoms with Crippen molar-refractivity contribution >= 4 is 15.9 Å². The third-order valence-electron chi connectivity index (χ3n) is 1.84. The zero-order valence-corrected chi connectivity index (χ0v) is 8.36. The molecule has 11 heavy (non-hydrogen) atoms. The quantitative estimate of drug-likeness (QED) is 0.675. The molecule has 0 fully saturated rings. The van der Waals surface area contributed by atoms with Crippen LogP contribution in [0.3, 0.4) is 0 Å². The highest BCUT2D eigenvalue weighted by Gasteiger charge is 2.07. The van der Waals surface area contributed by atoms with Crippen LogP contribution in [-0.2, 0) is 0 Å². The fraction of sp³-hybridized carbons (Fsp3) is 0.375. The lowest BCUT2D eigenvalue weighted by molar-refractivity contribution is 0.462. The van der Waals surface area contributed by atoms with E-state index in [0.717, 1.165) is 15.7 Å². The number of aromatic hydroxyl groups is 1.